The molecule has 0 unspecified atom stereocenters. The third kappa shape index (κ3) is 1.88. The Morgan fingerprint density at radius 3 is 2.44 bits per heavy atom. The molecule has 0 fully saturated rings. The van der Waals surface area contributed by atoms with Gasteiger partial charge in [0.05, 0.1) is 17.8 Å². The molecule has 1 heterocycles. The molecule has 0 saturated heterocycles. The van der Waals surface area contributed by atoms with E-state index in [1.54, 1.807) is 0 Å². The van der Waals surface area contributed by atoms with E-state index in [1.165, 1.54) is 6.20 Å². The molecule has 0 radical (unpaired) electrons. The summed E-state index contributed by atoms with van der Waals surface area (Å²) in [6.07, 6.45) is 1.34. The van der Waals surface area contributed by atoms with Crippen LogP contribution in [0.3, 0.4) is 0 Å². The lowest BCUT2D eigenvalue weighted by Gasteiger charge is -2.02. The Labute approximate surface area is 93.4 Å². The molecule has 3 nitrogen and oxygen atoms in total. The minimum atomic E-state index is -1.25. The van der Waals surface area contributed by atoms with Gasteiger partial charge in [0.25, 0.3) is 0 Å². The third-order valence-electron chi connectivity index (χ3n) is 1.91. The van der Waals surface area contributed by atoms with Crippen LogP contribution in [0.15, 0.2) is 18.3 Å². The van der Waals surface area contributed by atoms with Crippen molar-refractivity contribution in [1.29, 1.82) is 0 Å². The van der Waals surface area contributed by atoms with Crippen molar-refractivity contribution in [3.63, 3.8) is 0 Å². The summed E-state index contributed by atoms with van der Waals surface area (Å²) in [6, 6.07) is 1.16. The summed E-state index contributed by atoms with van der Waals surface area (Å²) < 4.78 is 39.9. The second kappa shape index (κ2) is 4.13. The van der Waals surface area contributed by atoms with Gasteiger partial charge in [0.1, 0.15) is 5.69 Å². The maximum Gasteiger partial charge on any atom is 0.161 e. The molecule has 0 bridgehead atoms. The molecule has 0 amide bonds. The van der Waals surface area contributed by atoms with Crippen LogP contribution in [-0.2, 0) is 5.88 Å². The number of nitrogens with zero attached hydrogens (tertiary/aromatic N) is 3. The molecule has 0 N–H and O–H groups in total. The summed E-state index contributed by atoms with van der Waals surface area (Å²) in [6.45, 7) is 0. The number of halogens is 4. The van der Waals surface area contributed by atoms with Crippen molar-refractivity contribution in [3.8, 4) is 5.69 Å². The Balaban J connectivity index is 2.51. The van der Waals surface area contributed by atoms with E-state index in [1.807, 2.05) is 0 Å². The summed E-state index contributed by atoms with van der Waals surface area (Å²) >= 11 is 5.48. The fraction of sp³-hybridized carbons (Fsp3) is 0.111. The lowest BCUT2D eigenvalue weighted by molar-refractivity contribution is 0.491. The Bertz CT molecular complexity index is 527. The fourth-order valence-electron chi connectivity index (χ4n) is 1.17. The summed E-state index contributed by atoms with van der Waals surface area (Å²) in [5, 5.41) is 7.14. The zero-order valence-electron chi connectivity index (χ0n) is 7.79. The molecule has 0 aliphatic heterocycles. The standard InChI is InChI=1S/C9H5ClF3N3/c10-3-5-4-16(15-14-5)9-2-7(12)6(11)1-8(9)13/h1-2,4H,3H2. The monoisotopic (exact) mass is 247 g/mol. The molecule has 0 aliphatic rings. The third-order valence-corrected chi connectivity index (χ3v) is 2.19. The molecular formula is C9H5ClF3N3. The van der Waals surface area contributed by atoms with Gasteiger partial charge in [0.15, 0.2) is 17.5 Å². The van der Waals surface area contributed by atoms with Crippen LogP contribution >= 0.6 is 11.6 Å². The Hall–Kier alpha value is -1.56. The van der Waals surface area contributed by atoms with Gasteiger partial charge in [-0.25, -0.2) is 17.9 Å². The van der Waals surface area contributed by atoms with E-state index < -0.39 is 17.5 Å². The molecule has 84 valence electrons. The summed E-state index contributed by atoms with van der Waals surface area (Å²) in [7, 11) is 0. The Morgan fingerprint density at radius 2 is 1.81 bits per heavy atom. The van der Waals surface area contributed by atoms with E-state index >= 15 is 0 Å². The number of benzene rings is 1. The van der Waals surface area contributed by atoms with Crippen molar-refractivity contribution < 1.29 is 13.2 Å². The summed E-state index contributed by atoms with van der Waals surface area (Å²) in [5.41, 5.74) is 0.188. The number of hydrogen-bond acceptors (Lipinski definition) is 2. The first kappa shape index (κ1) is 10.9. The van der Waals surface area contributed by atoms with Gasteiger partial charge in [-0.05, 0) is 0 Å². The second-order valence-electron chi connectivity index (χ2n) is 3.01. The van der Waals surface area contributed by atoms with Crippen molar-refractivity contribution >= 4 is 11.6 Å². The van der Waals surface area contributed by atoms with Gasteiger partial charge < -0.3 is 0 Å². The maximum atomic E-state index is 13.3. The molecule has 2 aromatic rings. The number of alkyl halides is 1. The molecule has 16 heavy (non-hydrogen) atoms. The normalized spacial score (nSPS) is 10.8. The van der Waals surface area contributed by atoms with Crippen LogP contribution in [0.5, 0.6) is 0 Å². The molecule has 2 rings (SSSR count). The topological polar surface area (TPSA) is 30.7 Å². The number of rotatable bonds is 2. The van der Waals surface area contributed by atoms with Gasteiger partial charge in [-0.3, -0.25) is 0 Å². The van der Waals surface area contributed by atoms with E-state index in [9.17, 15) is 13.2 Å². The Kier molecular flexibility index (Phi) is 2.82. The van der Waals surface area contributed by atoms with E-state index in [0.29, 0.717) is 17.8 Å². The van der Waals surface area contributed by atoms with Crippen LogP contribution < -0.4 is 0 Å². The molecular weight excluding hydrogens is 243 g/mol. The predicted molar refractivity (Wildman–Crippen MR) is 50.8 cm³/mol. The van der Waals surface area contributed by atoms with Gasteiger partial charge in [-0.15, -0.1) is 16.7 Å². The van der Waals surface area contributed by atoms with Crippen LogP contribution in [0.4, 0.5) is 13.2 Å². The average Bonchev–Trinajstić information content (AvgIpc) is 2.71. The number of hydrogen-bond donors (Lipinski definition) is 0. The SMILES string of the molecule is Fc1cc(F)c(-n2cc(CCl)nn2)cc1F. The van der Waals surface area contributed by atoms with Crippen LogP contribution in [0.25, 0.3) is 5.69 Å². The van der Waals surface area contributed by atoms with Gasteiger partial charge in [0.2, 0.25) is 0 Å². The molecule has 7 heteroatoms. The first-order valence-corrected chi connectivity index (χ1v) is 4.77. The van der Waals surface area contributed by atoms with Crippen LogP contribution in [0, 0.1) is 17.5 Å². The van der Waals surface area contributed by atoms with E-state index in [4.69, 9.17) is 11.6 Å². The Morgan fingerprint density at radius 1 is 1.12 bits per heavy atom. The molecule has 0 atom stereocenters. The van der Waals surface area contributed by atoms with Gasteiger partial charge in [-0.2, -0.15) is 0 Å². The van der Waals surface area contributed by atoms with E-state index in [2.05, 4.69) is 10.3 Å². The zero-order valence-corrected chi connectivity index (χ0v) is 8.55. The maximum absolute atomic E-state index is 13.3. The van der Waals surface area contributed by atoms with Gasteiger partial charge in [0, 0.05) is 12.1 Å². The second-order valence-corrected chi connectivity index (χ2v) is 3.27. The van der Waals surface area contributed by atoms with Crippen LogP contribution in [0.2, 0.25) is 0 Å². The molecule has 0 aliphatic carbocycles. The first-order chi connectivity index (χ1) is 7.61. The van der Waals surface area contributed by atoms with Crippen LogP contribution in [0.1, 0.15) is 5.69 Å². The highest BCUT2D eigenvalue weighted by molar-refractivity contribution is 6.16. The first-order valence-electron chi connectivity index (χ1n) is 4.24. The van der Waals surface area contributed by atoms with Crippen molar-refractivity contribution in [2.45, 2.75) is 5.88 Å². The van der Waals surface area contributed by atoms with Crippen molar-refractivity contribution in [1.82, 2.24) is 15.0 Å². The lowest BCUT2D eigenvalue weighted by Crippen LogP contribution is -2.01. The molecule has 0 saturated carbocycles. The average molecular weight is 248 g/mol. The van der Waals surface area contributed by atoms with E-state index in [-0.39, 0.29) is 11.6 Å². The quantitative estimate of drug-likeness (QED) is 0.603. The highest BCUT2D eigenvalue weighted by Gasteiger charge is 2.12. The van der Waals surface area contributed by atoms with E-state index in [0.717, 1.165) is 4.68 Å². The highest BCUT2D eigenvalue weighted by Crippen LogP contribution is 2.17. The molecule has 1 aromatic carbocycles. The summed E-state index contributed by atoms with van der Waals surface area (Å²) in [5.74, 6) is -3.23. The van der Waals surface area contributed by atoms with Crippen molar-refractivity contribution in [3.05, 3.63) is 41.5 Å². The predicted octanol–water partition coefficient (Wildman–Crippen LogP) is 2.42. The van der Waals surface area contributed by atoms with Crippen LogP contribution in [-0.4, -0.2) is 15.0 Å². The van der Waals surface area contributed by atoms with Crippen molar-refractivity contribution in [2.24, 2.45) is 0 Å². The molecule has 1 aromatic heterocycles. The van der Waals surface area contributed by atoms with Gasteiger partial charge >= 0.3 is 0 Å². The minimum Gasteiger partial charge on any atom is -0.217 e. The van der Waals surface area contributed by atoms with Gasteiger partial charge in [-0.1, -0.05) is 5.21 Å². The summed E-state index contributed by atoms with van der Waals surface area (Å²) in [4.78, 5) is 0. The molecule has 0 spiro atoms. The largest absolute Gasteiger partial charge is 0.217 e. The smallest absolute Gasteiger partial charge is 0.161 e. The van der Waals surface area contributed by atoms with Crippen molar-refractivity contribution in [2.75, 3.05) is 0 Å². The highest BCUT2D eigenvalue weighted by atomic mass is 35.5. The zero-order chi connectivity index (χ0) is 11.7. The lowest BCUT2D eigenvalue weighted by atomic mass is 10.3. The minimum absolute atomic E-state index is 0.102. The number of aromatic nitrogens is 3. The fourth-order valence-corrected chi connectivity index (χ4v) is 1.29.